The molecule has 0 aliphatic rings. The number of nitrogens with one attached hydrogen (secondary N) is 1. The predicted molar refractivity (Wildman–Crippen MR) is 88.4 cm³/mol. The number of nitrogens with zero attached hydrogens (tertiary/aromatic N) is 2. The quantitative estimate of drug-likeness (QED) is 0.795. The van der Waals surface area contributed by atoms with Gasteiger partial charge >= 0.3 is 0 Å². The Bertz CT molecular complexity index is 654. The van der Waals surface area contributed by atoms with Gasteiger partial charge in [0.05, 0.1) is 11.0 Å². The van der Waals surface area contributed by atoms with Crippen molar-refractivity contribution in [1.82, 2.24) is 15.5 Å². The molecule has 0 unspecified atom stereocenters. The van der Waals surface area contributed by atoms with E-state index in [2.05, 4.69) is 22.0 Å². The van der Waals surface area contributed by atoms with Gasteiger partial charge in [0.25, 0.3) is 0 Å². The first-order valence-corrected chi connectivity index (χ1v) is 8.05. The Labute approximate surface area is 134 Å². The number of benzene rings is 1. The molecule has 5 nitrogen and oxygen atoms in total. The summed E-state index contributed by atoms with van der Waals surface area (Å²) in [6.07, 6.45) is 1.65. The molecule has 0 radical (unpaired) electrons. The SMILES string of the molecule is C=CCNC(=O)[C@@H](C)SCc1nc(-c2ccccc2C)no1. The van der Waals surface area contributed by atoms with Gasteiger partial charge in [0.2, 0.25) is 17.6 Å². The lowest BCUT2D eigenvalue weighted by Gasteiger charge is -2.08. The summed E-state index contributed by atoms with van der Waals surface area (Å²) >= 11 is 1.46. The Hall–Kier alpha value is -2.08. The van der Waals surface area contributed by atoms with Gasteiger partial charge in [0.15, 0.2) is 0 Å². The van der Waals surface area contributed by atoms with E-state index < -0.39 is 0 Å². The van der Waals surface area contributed by atoms with Gasteiger partial charge in [-0.05, 0) is 19.4 Å². The van der Waals surface area contributed by atoms with Crippen molar-refractivity contribution in [2.45, 2.75) is 24.9 Å². The largest absolute Gasteiger partial charge is 0.352 e. The molecule has 0 saturated heterocycles. The molecular formula is C16H19N3O2S. The van der Waals surface area contributed by atoms with E-state index in [1.807, 2.05) is 38.1 Å². The lowest BCUT2D eigenvalue weighted by molar-refractivity contribution is -0.120. The summed E-state index contributed by atoms with van der Waals surface area (Å²) in [5.41, 5.74) is 2.05. The van der Waals surface area contributed by atoms with E-state index in [4.69, 9.17) is 4.52 Å². The number of amides is 1. The molecule has 0 aliphatic heterocycles. The number of carbonyl (C=O) groups excluding carboxylic acids is 1. The molecule has 1 aromatic carbocycles. The zero-order valence-electron chi connectivity index (χ0n) is 12.7. The maximum atomic E-state index is 11.7. The fourth-order valence-corrected chi connectivity index (χ4v) is 2.58. The molecule has 2 aromatic rings. The molecule has 1 heterocycles. The summed E-state index contributed by atoms with van der Waals surface area (Å²) in [6.45, 7) is 7.90. The summed E-state index contributed by atoms with van der Waals surface area (Å²) in [6, 6.07) is 7.88. The Morgan fingerprint density at radius 3 is 3.00 bits per heavy atom. The monoisotopic (exact) mass is 317 g/mol. The van der Waals surface area contributed by atoms with Gasteiger partial charge in [-0.1, -0.05) is 35.5 Å². The van der Waals surface area contributed by atoms with Gasteiger partial charge in [-0.2, -0.15) is 4.98 Å². The maximum Gasteiger partial charge on any atom is 0.236 e. The molecule has 1 N–H and O–H groups in total. The third kappa shape index (κ3) is 4.21. The highest BCUT2D eigenvalue weighted by Crippen LogP contribution is 2.22. The van der Waals surface area contributed by atoms with Gasteiger partial charge in [-0.3, -0.25) is 4.79 Å². The van der Waals surface area contributed by atoms with Gasteiger partial charge < -0.3 is 9.84 Å². The van der Waals surface area contributed by atoms with Crippen LogP contribution < -0.4 is 5.32 Å². The summed E-state index contributed by atoms with van der Waals surface area (Å²) in [5.74, 6) is 1.58. The smallest absolute Gasteiger partial charge is 0.236 e. The summed E-state index contributed by atoms with van der Waals surface area (Å²) in [7, 11) is 0. The second kappa shape index (κ2) is 7.79. The van der Waals surface area contributed by atoms with E-state index in [1.165, 1.54) is 11.8 Å². The van der Waals surface area contributed by atoms with Crippen molar-refractivity contribution in [3.63, 3.8) is 0 Å². The molecule has 0 spiro atoms. The van der Waals surface area contributed by atoms with Crippen LogP contribution in [-0.2, 0) is 10.5 Å². The molecule has 0 saturated carbocycles. The second-order valence-electron chi connectivity index (χ2n) is 4.81. The predicted octanol–water partition coefficient (Wildman–Crippen LogP) is 2.97. The number of hydrogen-bond donors (Lipinski definition) is 1. The summed E-state index contributed by atoms with van der Waals surface area (Å²) in [4.78, 5) is 16.1. The van der Waals surface area contributed by atoms with Gasteiger partial charge in [-0.25, -0.2) is 0 Å². The van der Waals surface area contributed by atoms with E-state index >= 15 is 0 Å². The Balaban J connectivity index is 1.94. The van der Waals surface area contributed by atoms with Crippen molar-refractivity contribution in [2.75, 3.05) is 6.54 Å². The normalized spacial score (nSPS) is 11.9. The first-order chi connectivity index (χ1) is 10.6. The zero-order valence-corrected chi connectivity index (χ0v) is 13.5. The van der Waals surface area contributed by atoms with Gasteiger partial charge in [0.1, 0.15) is 0 Å². The topological polar surface area (TPSA) is 68.0 Å². The second-order valence-corrected chi connectivity index (χ2v) is 6.14. The third-order valence-electron chi connectivity index (χ3n) is 3.10. The van der Waals surface area contributed by atoms with Crippen molar-refractivity contribution in [3.05, 3.63) is 48.4 Å². The Morgan fingerprint density at radius 2 is 2.27 bits per heavy atom. The molecule has 1 aromatic heterocycles. The van der Waals surface area contributed by atoms with Crippen LogP contribution in [0.3, 0.4) is 0 Å². The zero-order chi connectivity index (χ0) is 15.9. The fraction of sp³-hybridized carbons (Fsp3) is 0.312. The molecule has 1 amide bonds. The molecule has 2 rings (SSSR count). The minimum Gasteiger partial charge on any atom is -0.352 e. The minimum absolute atomic E-state index is 0.0245. The minimum atomic E-state index is -0.186. The molecule has 0 aliphatic carbocycles. The fourth-order valence-electron chi connectivity index (χ4n) is 1.84. The average molecular weight is 317 g/mol. The van der Waals surface area contributed by atoms with Crippen LogP contribution in [0.1, 0.15) is 18.4 Å². The third-order valence-corrected chi connectivity index (χ3v) is 4.23. The Morgan fingerprint density at radius 1 is 1.50 bits per heavy atom. The Kier molecular flexibility index (Phi) is 5.77. The molecule has 0 bridgehead atoms. The number of aryl methyl sites for hydroxylation is 1. The van der Waals surface area contributed by atoms with Crippen molar-refractivity contribution >= 4 is 17.7 Å². The molecular weight excluding hydrogens is 298 g/mol. The van der Waals surface area contributed by atoms with E-state index in [-0.39, 0.29) is 11.2 Å². The van der Waals surface area contributed by atoms with Crippen molar-refractivity contribution in [3.8, 4) is 11.4 Å². The van der Waals surface area contributed by atoms with E-state index in [9.17, 15) is 4.79 Å². The standard InChI is InChI=1S/C16H19N3O2S/c1-4-9-17-16(20)12(3)22-10-14-18-15(19-21-14)13-8-6-5-7-11(13)2/h4-8,12H,1,9-10H2,2-3H3,(H,17,20)/t12-/m1/s1. The van der Waals surface area contributed by atoms with Crippen molar-refractivity contribution in [1.29, 1.82) is 0 Å². The van der Waals surface area contributed by atoms with Gasteiger partial charge in [0, 0.05) is 12.1 Å². The molecule has 1 atom stereocenters. The van der Waals surface area contributed by atoms with E-state index in [0.717, 1.165) is 11.1 Å². The van der Waals surface area contributed by atoms with Crippen molar-refractivity contribution in [2.24, 2.45) is 0 Å². The highest BCUT2D eigenvalue weighted by molar-refractivity contribution is 7.99. The van der Waals surface area contributed by atoms with E-state index in [1.54, 1.807) is 6.08 Å². The van der Waals surface area contributed by atoms with Crippen LogP contribution >= 0.6 is 11.8 Å². The van der Waals surface area contributed by atoms with Crippen LogP contribution in [-0.4, -0.2) is 27.8 Å². The maximum absolute atomic E-state index is 11.7. The number of hydrogen-bond acceptors (Lipinski definition) is 5. The molecule has 6 heteroatoms. The van der Waals surface area contributed by atoms with Crippen molar-refractivity contribution < 1.29 is 9.32 Å². The summed E-state index contributed by atoms with van der Waals surface area (Å²) < 4.78 is 5.26. The van der Waals surface area contributed by atoms with E-state index in [0.29, 0.717) is 24.0 Å². The number of thioether (sulfide) groups is 1. The summed E-state index contributed by atoms with van der Waals surface area (Å²) in [5, 5.41) is 6.58. The molecule has 0 fully saturated rings. The highest BCUT2D eigenvalue weighted by Gasteiger charge is 2.15. The average Bonchev–Trinajstić information content (AvgIpc) is 2.99. The molecule has 22 heavy (non-hydrogen) atoms. The van der Waals surface area contributed by atoms with Crippen LogP contribution in [0.25, 0.3) is 11.4 Å². The van der Waals surface area contributed by atoms with Crippen LogP contribution in [0.4, 0.5) is 0 Å². The van der Waals surface area contributed by atoms with Crippen LogP contribution in [0, 0.1) is 6.92 Å². The number of carbonyl (C=O) groups is 1. The number of aromatic nitrogens is 2. The lowest BCUT2D eigenvalue weighted by atomic mass is 10.1. The first kappa shape index (κ1) is 16.3. The first-order valence-electron chi connectivity index (χ1n) is 7.00. The van der Waals surface area contributed by atoms with Crippen LogP contribution in [0.2, 0.25) is 0 Å². The number of rotatable bonds is 7. The van der Waals surface area contributed by atoms with Gasteiger partial charge in [-0.15, -0.1) is 18.3 Å². The lowest BCUT2D eigenvalue weighted by Crippen LogP contribution is -2.30. The van der Waals surface area contributed by atoms with Crippen LogP contribution in [0.15, 0.2) is 41.4 Å². The molecule has 116 valence electrons. The highest BCUT2D eigenvalue weighted by atomic mass is 32.2. The van der Waals surface area contributed by atoms with Crippen LogP contribution in [0.5, 0.6) is 0 Å².